The van der Waals surface area contributed by atoms with E-state index in [0.29, 0.717) is 0 Å². The van der Waals surface area contributed by atoms with Crippen molar-refractivity contribution in [1.82, 2.24) is 25.5 Å². The molecular weight excluding hydrogens is 302 g/mol. The van der Waals surface area contributed by atoms with Crippen LogP contribution in [0.2, 0.25) is 0 Å². The number of rotatable bonds is 4. The molecule has 0 aliphatic carbocycles. The number of H-pyrrole nitrogens is 1. The molecule has 0 saturated carbocycles. The highest BCUT2D eigenvalue weighted by atomic mass is 15.3. The van der Waals surface area contributed by atoms with E-state index in [4.69, 9.17) is 0 Å². The van der Waals surface area contributed by atoms with Gasteiger partial charge >= 0.3 is 0 Å². The molecule has 1 aliphatic heterocycles. The number of piperazine rings is 1. The van der Waals surface area contributed by atoms with Crippen LogP contribution in [0.3, 0.4) is 0 Å². The van der Waals surface area contributed by atoms with Crippen LogP contribution in [0.4, 0.5) is 17.5 Å². The van der Waals surface area contributed by atoms with Gasteiger partial charge in [-0.25, -0.2) is 4.98 Å². The van der Waals surface area contributed by atoms with E-state index in [9.17, 15) is 0 Å². The standard InChI is InChI=1S/C17H19N7/c1-2-13(14-11-20-21-12-14)10-15(3-1)22-16-4-5-19-17(23-16)24-8-6-18-7-9-24/h1-5,10-12,18H,6-9H2,(H,20,21)(H,19,22,23). The molecule has 0 bridgehead atoms. The van der Waals surface area contributed by atoms with E-state index in [-0.39, 0.29) is 0 Å². The van der Waals surface area contributed by atoms with Gasteiger partial charge in [-0.05, 0) is 23.8 Å². The second-order valence-corrected chi connectivity index (χ2v) is 5.67. The van der Waals surface area contributed by atoms with Gasteiger partial charge in [-0.1, -0.05) is 12.1 Å². The summed E-state index contributed by atoms with van der Waals surface area (Å²) in [5.74, 6) is 1.57. The van der Waals surface area contributed by atoms with Gasteiger partial charge in [0.1, 0.15) is 5.82 Å². The topological polar surface area (TPSA) is 81.8 Å². The van der Waals surface area contributed by atoms with E-state index in [1.54, 1.807) is 6.20 Å². The number of hydrogen-bond donors (Lipinski definition) is 3. The maximum absolute atomic E-state index is 4.64. The molecule has 1 fully saturated rings. The van der Waals surface area contributed by atoms with Crippen LogP contribution < -0.4 is 15.5 Å². The Hall–Kier alpha value is -2.93. The lowest BCUT2D eigenvalue weighted by Crippen LogP contribution is -2.44. The van der Waals surface area contributed by atoms with Gasteiger partial charge in [0.05, 0.1) is 6.20 Å². The third kappa shape index (κ3) is 3.21. The minimum atomic E-state index is 0.771. The SMILES string of the molecule is c1cc(Nc2ccnc(N3CCNCC3)n2)cc(-c2cn[nH]c2)c1. The fourth-order valence-electron chi connectivity index (χ4n) is 2.77. The molecule has 24 heavy (non-hydrogen) atoms. The van der Waals surface area contributed by atoms with Crippen molar-refractivity contribution in [2.45, 2.75) is 0 Å². The third-order valence-corrected chi connectivity index (χ3v) is 4.01. The Morgan fingerprint density at radius 1 is 1.08 bits per heavy atom. The average molecular weight is 321 g/mol. The zero-order chi connectivity index (χ0) is 16.2. The lowest BCUT2D eigenvalue weighted by molar-refractivity contribution is 0.580. The molecule has 0 spiro atoms. The van der Waals surface area contributed by atoms with E-state index in [0.717, 1.165) is 54.8 Å². The van der Waals surface area contributed by atoms with Crippen molar-refractivity contribution < 1.29 is 0 Å². The molecule has 3 N–H and O–H groups in total. The van der Waals surface area contributed by atoms with Crippen LogP contribution in [0, 0.1) is 0 Å². The molecule has 0 radical (unpaired) electrons. The van der Waals surface area contributed by atoms with Gasteiger partial charge in [0.15, 0.2) is 0 Å². The highest BCUT2D eigenvalue weighted by molar-refractivity contribution is 5.69. The first-order chi connectivity index (χ1) is 11.9. The van der Waals surface area contributed by atoms with Gasteiger partial charge in [0.25, 0.3) is 0 Å². The van der Waals surface area contributed by atoms with E-state index in [1.807, 2.05) is 30.6 Å². The van der Waals surface area contributed by atoms with Gasteiger partial charge in [0, 0.05) is 49.8 Å². The molecule has 7 nitrogen and oxygen atoms in total. The zero-order valence-corrected chi connectivity index (χ0v) is 13.2. The first-order valence-electron chi connectivity index (χ1n) is 8.03. The van der Waals surface area contributed by atoms with Crippen LogP contribution in [0.5, 0.6) is 0 Å². The van der Waals surface area contributed by atoms with Crippen molar-refractivity contribution >= 4 is 17.5 Å². The van der Waals surface area contributed by atoms with Crippen LogP contribution in [-0.2, 0) is 0 Å². The summed E-state index contributed by atoms with van der Waals surface area (Å²) in [6.07, 6.45) is 5.49. The quantitative estimate of drug-likeness (QED) is 0.682. The number of hydrogen-bond acceptors (Lipinski definition) is 6. The van der Waals surface area contributed by atoms with Crippen molar-refractivity contribution in [2.24, 2.45) is 0 Å². The summed E-state index contributed by atoms with van der Waals surface area (Å²) in [7, 11) is 0. The summed E-state index contributed by atoms with van der Waals surface area (Å²) in [5, 5.41) is 13.5. The van der Waals surface area contributed by atoms with Gasteiger partial charge < -0.3 is 15.5 Å². The van der Waals surface area contributed by atoms with Crippen molar-refractivity contribution in [2.75, 3.05) is 36.4 Å². The van der Waals surface area contributed by atoms with Crippen molar-refractivity contribution in [3.63, 3.8) is 0 Å². The first kappa shape index (κ1) is 14.6. The van der Waals surface area contributed by atoms with Crippen LogP contribution in [0.25, 0.3) is 11.1 Å². The molecule has 3 heterocycles. The minimum absolute atomic E-state index is 0.771. The molecule has 0 amide bonds. The lowest BCUT2D eigenvalue weighted by atomic mass is 10.1. The number of aromatic nitrogens is 4. The van der Waals surface area contributed by atoms with Crippen LogP contribution in [0.1, 0.15) is 0 Å². The average Bonchev–Trinajstić information content (AvgIpc) is 3.18. The minimum Gasteiger partial charge on any atom is -0.340 e. The molecule has 1 saturated heterocycles. The molecular formula is C17H19N7. The number of aromatic amines is 1. The summed E-state index contributed by atoms with van der Waals surface area (Å²) in [6.45, 7) is 3.79. The molecule has 0 unspecified atom stereocenters. The lowest BCUT2D eigenvalue weighted by Gasteiger charge is -2.27. The van der Waals surface area contributed by atoms with Gasteiger partial charge in [-0.2, -0.15) is 10.1 Å². The molecule has 3 aromatic rings. The predicted octanol–water partition coefficient (Wildman–Crippen LogP) is 2.02. The van der Waals surface area contributed by atoms with Crippen molar-refractivity contribution in [3.05, 3.63) is 48.9 Å². The molecule has 1 aromatic carbocycles. The Morgan fingerprint density at radius 3 is 2.83 bits per heavy atom. The van der Waals surface area contributed by atoms with E-state index >= 15 is 0 Å². The number of nitrogens with zero attached hydrogens (tertiary/aromatic N) is 4. The first-order valence-corrected chi connectivity index (χ1v) is 8.03. The van der Waals surface area contributed by atoms with Crippen molar-refractivity contribution in [1.29, 1.82) is 0 Å². The number of benzene rings is 1. The highest BCUT2D eigenvalue weighted by Gasteiger charge is 2.13. The largest absolute Gasteiger partial charge is 0.340 e. The van der Waals surface area contributed by atoms with E-state index in [2.05, 4.69) is 47.8 Å². The molecule has 2 aromatic heterocycles. The molecule has 122 valence electrons. The Morgan fingerprint density at radius 2 is 2.00 bits per heavy atom. The second-order valence-electron chi connectivity index (χ2n) is 5.67. The number of nitrogens with one attached hydrogen (secondary N) is 3. The summed E-state index contributed by atoms with van der Waals surface area (Å²) in [5.41, 5.74) is 3.15. The third-order valence-electron chi connectivity index (χ3n) is 4.01. The van der Waals surface area contributed by atoms with E-state index in [1.165, 1.54) is 0 Å². The number of anilines is 3. The molecule has 0 atom stereocenters. The Balaban J connectivity index is 1.54. The summed E-state index contributed by atoms with van der Waals surface area (Å²) in [4.78, 5) is 11.2. The second kappa shape index (κ2) is 6.67. The fourth-order valence-corrected chi connectivity index (χ4v) is 2.77. The van der Waals surface area contributed by atoms with Crippen molar-refractivity contribution in [3.8, 4) is 11.1 Å². The molecule has 7 heteroatoms. The van der Waals surface area contributed by atoms with Crippen LogP contribution >= 0.6 is 0 Å². The van der Waals surface area contributed by atoms with Crippen LogP contribution in [0.15, 0.2) is 48.9 Å². The van der Waals surface area contributed by atoms with Gasteiger partial charge in [0.2, 0.25) is 5.95 Å². The van der Waals surface area contributed by atoms with E-state index < -0.39 is 0 Å². The smallest absolute Gasteiger partial charge is 0.227 e. The molecule has 4 rings (SSSR count). The summed E-state index contributed by atoms with van der Waals surface area (Å²) < 4.78 is 0. The highest BCUT2D eigenvalue weighted by Crippen LogP contribution is 2.23. The monoisotopic (exact) mass is 321 g/mol. The van der Waals surface area contributed by atoms with Crippen LogP contribution in [-0.4, -0.2) is 46.3 Å². The molecule has 1 aliphatic rings. The maximum Gasteiger partial charge on any atom is 0.227 e. The Labute approximate surface area is 140 Å². The predicted molar refractivity (Wildman–Crippen MR) is 94.4 cm³/mol. The Kier molecular flexibility index (Phi) is 4.07. The summed E-state index contributed by atoms with van der Waals surface area (Å²) in [6, 6.07) is 10.1. The zero-order valence-electron chi connectivity index (χ0n) is 13.2. The Bertz CT molecular complexity index is 794. The maximum atomic E-state index is 4.64. The summed E-state index contributed by atoms with van der Waals surface area (Å²) >= 11 is 0. The van der Waals surface area contributed by atoms with Gasteiger partial charge in [-0.3, -0.25) is 5.10 Å². The fraction of sp³-hybridized carbons (Fsp3) is 0.235. The normalized spacial score (nSPS) is 14.6. The van der Waals surface area contributed by atoms with Gasteiger partial charge in [-0.15, -0.1) is 0 Å².